The van der Waals surface area contributed by atoms with Crippen LogP contribution in [0.2, 0.25) is 0 Å². The molecule has 2 aromatic carbocycles. The van der Waals surface area contributed by atoms with Gasteiger partial charge in [-0.15, -0.1) is 0 Å². The highest BCUT2D eigenvalue weighted by atomic mass is 16.6. The maximum Gasteiger partial charge on any atom is 0.410 e. The zero-order valence-corrected chi connectivity index (χ0v) is 20.0. The summed E-state index contributed by atoms with van der Waals surface area (Å²) in [6, 6.07) is 14.6. The number of carboxylic acids is 1. The topological polar surface area (TPSA) is 114 Å². The number of nitrogens with one attached hydrogen (secondary N) is 1. The van der Waals surface area contributed by atoms with E-state index < -0.39 is 29.8 Å². The summed E-state index contributed by atoms with van der Waals surface area (Å²) in [6.07, 6.45) is -1.59. The van der Waals surface area contributed by atoms with Crippen LogP contribution >= 0.6 is 0 Å². The molecule has 9 nitrogen and oxygen atoms in total. The highest BCUT2D eigenvalue weighted by molar-refractivity contribution is 5.81. The number of fused-ring (bicyclic) bond motifs is 3. The number of likely N-dealkylation sites (tertiary alicyclic amines) is 1. The number of ether oxygens (including phenoxy) is 3. The second-order valence-electron chi connectivity index (χ2n) is 9.70. The van der Waals surface area contributed by atoms with E-state index in [-0.39, 0.29) is 25.2 Å². The van der Waals surface area contributed by atoms with Crippen LogP contribution in [0.25, 0.3) is 11.1 Å². The molecule has 1 atom stereocenters. The van der Waals surface area contributed by atoms with Crippen molar-refractivity contribution in [2.75, 3.05) is 26.3 Å². The van der Waals surface area contributed by atoms with Crippen LogP contribution in [0, 0.1) is 0 Å². The minimum absolute atomic E-state index is 0.0839. The molecule has 2 aromatic rings. The Morgan fingerprint density at radius 3 is 2.14 bits per heavy atom. The van der Waals surface area contributed by atoms with Crippen LogP contribution < -0.4 is 5.32 Å². The minimum atomic E-state index is -1.28. The van der Waals surface area contributed by atoms with Crippen molar-refractivity contribution in [3.8, 4) is 11.1 Å². The first kappa shape index (κ1) is 24.5. The van der Waals surface area contributed by atoms with Gasteiger partial charge in [-0.05, 0) is 43.0 Å². The third-order valence-corrected chi connectivity index (χ3v) is 5.93. The number of amides is 2. The summed E-state index contributed by atoms with van der Waals surface area (Å²) in [6.45, 7) is 5.78. The molecule has 1 heterocycles. The third-order valence-electron chi connectivity index (χ3n) is 5.93. The van der Waals surface area contributed by atoms with E-state index in [4.69, 9.17) is 14.2 Å². The van der Waals surface area contributed by atoms with Gasteiger partial charge in [0.2, 0.25) is 0 Å². The Balaban J connectivity index is 1.26. The van der Waals surface area contributed by atoms with Crippen molar-refractivity contribution in [1.29, 1.82) is 0 Å². The van der Waals surface area contributed by atoms with Gasteiger partial charge in [-0.2, -0.15) is 0 Å². The summed E-state index contributed by atoms with van der Waals surface area (Å²) >= 11 is 0. The number of benzene rings is 2. The molecule has 0 aromatic heterocycles. The number of nitrogens with zero attached hydrogens (tertiary/aromatic N) is 1. The second-order valence-corrected chi connectivity index (χ2v) is 9.70. The molecule has 2 aliphatic rings. The Morgan fingerprint density at radius 2 is 1.60 bits per heavy atom. The van der Waals surface area contributed by atoms with E-state index in [1.54, 1.807) is 20.8 Å². The SMILES string of the molecule is CC(C)(C)OC(=O)N1CC(OC[C@H](NC(=O)OCC2c3ccccc3-c3ccccc32)C(=O)O)C1. The van der Waals surface area contributed by atoms with Crippen LogP contribution in [-0.2, 0) is 19.0 Å². The van der Waals surface area contributed by atoms with Crippen LogP contribution in [0.4, 0.5) is 9.59 Å². The van der Waals surface area contributed by atoms with E-state index >= 15 is 0 Å². The maximum atomic E-state index is 12.4. The van der Waals surface area contributed by atoms with E-state index in [9.17, 15) is 19.5 Å². The first-order valence-electron chi connectivity index (χ1n) is 11.6. The molecule has 1 fully saturated rings. The van der Waals surface area contributed by atoms with Crippen LogP contribution in [-0.4, -0.2) is 72.2 Å². The number of carbonyl (C=O) groups is 3. The average Bonchev–Trinajstić information content (AvgIpc) is 3.08. The molecule has 0 bridgehead atoms. The Kier molecular flexibility index (Phi) is 6.98. The van der Waals surface area contributed by atoms with Gasteiger partial charge in [0.05, 0.1) is 25.8 Å². The van der Waals surface area contributed by atoms with Crippen molar-refractivity contribution in [3.63, 3.8) is 0 Å². The van der Waals surface area contributed by atoms with Gasteiger partial charge in [0.25, 0.3) is 0 Å². The molecule has 4 rings (SSSR count). The lowest BCUT2D eigenvalue weighted by Gasteiger charge is -2.39. The van der Waals surface area contributed by atoms with Crippen molar-refractivity contribution >= 4 is 18.2 Å². The van der Waals surface area contributed by atoms with Crippen molar-refractivity contribution in [3.05, 3.63) is 59.7 Å². The summed E-state index contributed by atoms with van der Waals surface area (Å²) in [5.74, 6) is -1.36. The monoisotopic (exact) mass is 482 g/mol. The van der Waals surface area contributed by atoms with Gasteiger partial charge >= 0.3 is 18.2 Å². The Labute approximate surface area is 204 Å². The number of hydrogen-bond donors (Lipinski definition) is 2. The summed E-state index contributed by atoms with van der Waals surface area (Å²) in [5, 5.41) is 11.9. The van der Waals surface area contributed by atoms with Gasteiger partial charge in [-0.1, -0.05) is 48.5 Å². The minimum Gasteiger partial charge on any atom is -0.480 e. The van der Waals surface area contributed by atoms with Crippen LogP contribution in [0.3, 0.4) is 0 Å². The molecular formula is C26H30N2O7. The lowest BCUT2D eigenvalue weighted by atomic mass is 9.98. The highest BCUT2D eigenvalue weighted by Gasteiger charge is 2.36. The quantitative estimate of drug-likeness (QED) is 0.620. The maximum absolute atomic E-state index is 12.4. The van der Waals surface area contributed by atoms with Crippen LogP contribution in [0.15, 0.2) is 48.5 Å². The number of carbonyl (C=O) groups excluding carboxylic acids is 2. The average molecular weight is 483 g/mol. The molecule has 0 spiro atoms. The number of rotatable bonds is 7. The molecule has 1 aliphatic carbocycles. The zero-order valence-electron chi connectivity index (χ0n) is 20.0. The zero-order chi connectivity index (χ0) is 25.2. The standard InChI is InChI=1S/C26H30N2O7/c1-26(2,3)35-25(32)28-12-16(13-28)33-15-22(23(29)30)27-24(31)34-14-21-19-10-6-4-8-17(19)18-9-5-7-11-20(18)21/h4-11,16,21-22H,12-15H2,1-3H3,(H,27,31)(H,29,30)/t22-/m0/s1. The second kappa shape index (κ2) is 9.95. The fraction of sp³-hybridized carbons (Fsp3) is 0.423. The lowest BCUT2D eigenvalue weighted by Crippen LogP contribution is -2.57. The fourth-order valence-corrected chi connectivity index (χ4v) is 4.21. The van der Waals surface area contributed by atoms with Crippen molar-refractivity contribution in [2.45, 2.75) is 44.4 Å². The molecule has 2 N–H and O–H groups in total. The van der Waals surface area contributed by atoms with Crippen LogP contribution in [0.1, 0.15) is 37.8 Å². The molecular weight excluding hydrogens is 452 g/mol. The van der Waals surface area contributed by atoms with E-state index in [0.29, 0.717) is 13.1 Å². The van der Waals surface area contributed by atoms with Crippen molar-refractivity contribution < 1.29 is 33.7 Å². The highest BCUT2D eigenvalue weighted by Crippen LogP contribution is 2.44. The van der Waals surface area contributed by atoms with Gasteiger partial charge in [0.1, 0.15) is 12.2 Å². The summed E-state index contributed by atoms with van der Waals surface area (Å²) in [4.78, 5) is 37.5. The van der Waals surface area contributed by atoms with Gasteiger partial charge in [0.15, 0.2) is 6.04 Å². The molecule has 1 saturated heterocycles. The number of carboxylic acid groups (broad SMARTS) is 1. The van der Waals surface area contributed by atoms with Crippen LogP contribution in [0.5, 0.6) is 0 Å². The Bertz CT molecular complexity index is 1060. The Hall–Kier alpha value is -3.59. The third kappa shape index (κ3) is 5.74. The Morgan fingerprint density at radius 1 is 1.03 bits per heavy atom. The number of hydrogen-bond acceptors (Lipinski definition) is 6. The molecule has 0 saturated carbocycles. The first-order chi connectivity index (χ1) is 16.6. The molecule has 186 valence electrons. The molecule has 35 heavy (non-hydrogen) atoms. The smallest absolute Gasteiger partial charge is 0.410 e. The van der Waals surface area contributed by atoms with Crippen molar-refractivity contribution in [2.24, 2.45) is 0 Å². The lowest BCUT2D eigenvalue weighted by molar-refractivity contribution is -0.143. The fourth-order valence-electron chi connectivity index (χ4n) is 4.21. The summed E-state index contributed by atoms with van der Waals surface area (Å²) in [7, 11) is 0. The normalized spacial score (nSPS) is 16.0. The molecule has 2 amide bonds. The van der Waals surface area contributed by atoms with Gasteiger partial charge < -0.3 is 29.5 Å². The molecule has 9 heteroatoms. The summed E-state index contributed by atoms with van der Waals surface area (Å²) < 4.78 is 16.3. The van der Waals surface area contributed by atoms with Gasteiger partial charge in [0, 0.05) is 5.92 Å². The van der Waals surface area contributed by atoms with E-state index in [2.05, 4.69) is 5.32 Å². The molecule has 0 unspecified atom stereocenters. The molecule has 0 radical (unpaired) electrons. The summed E-state index contributed by atoms with van der Waals surface area (Å²) in [5.41, 5.74) is 3.76. The molecule has 1 aliphatic heterocycles. The van der Waals surface area contributed by atoms with E-state index in [1.807, 2.05) is 48.5 Å². The predicted octanol–water partition coefficient (Wildman–Crippen LogP) is 3.61. The number of alkyl carbamates (subject to hydrolysis) is 1. The van der Waals surface area contributed by atoms with E-state index in [1.165, 1.54) is 4.90 Å². The number of aliphatic carboxylic acids is 1. The largest absolute Gasteiger partial charge is 0.480 e. The first-order valence-corrected chi connectivity index (χ1v) is 11.6. The van der Waals surface area contributed by atoms with Crippen molar-refractivity contribution in [1.82, 2.24) is 10.2 Å². The van der Waals surface area contributed by atoms with Gasteiger partial charge in [-0.3, -0.25) is 0 Å². The van der Waals surface area contributed by atoms with Gasteiger partial charge in [-0.25, -0.2) is 14.4 Å². The predicted molar refractivity (Wildman–Crippen MR) is 127 cm³/mol. The van der Waals surface area contributed by atoms with E-state index in [0.717, 1.165) is 22.3 Å².